The number of para-hydroxylation sites is 1. The van der Waals surface area contributed by atoms with Crippen LogP contribution in [0.3, 0.4) is 0 Å². The van der Waals surface area contributed by atoms with E-state index in [0.717, 1.165) is 44.1 Å². The van der Waals surface area contributed by atoms with Crippen molar-refractivity contribution in [2.45, 2.75) is 20.3 Å². The zero-order chi connectivity index (χ0) is 15.4. The third kappa shape index (κ3) is 3.90. The topological polar surface area (TPSA) is 37.7 Å². The van der Waals surface area contributed by atoms with Gasteiger partial charge in [-0.1, -0.05) is 38.1 Å². The normalized spacial score (nSPS) is 21.7. The molecule has 1 fully saturated rings. The second-order valence-electron chi connectivity index (χ2n) is 6.77. The van der Waals surface area contributed by atoms with Gasteiger partial charge in [-0.3, -0.25) is 0 Å². The van der Waals surface area contributed by atoms with Crippen molar-refractivity contribution in [3.63, 3.8) is 0 Å². The Bertz CT molecular complexity index is 557. The van der Waals surface area contributed by atoms with Gasteiger partial charge in [0.15, 0.2) is 0 Å². The maximum Gasteiger partial charge on any atom is 0.110 e. The zero-order valence-electron chi connectivity index (χ0n) is 13.5. The smallest absolute Gasteiger partial charge is 0.110 e. The van der Waals surface area contributed by atoms with Gasteiger partial charge in [0.05, 0.1) is 24.6 Å². The molecule has 0 radical (unpaired) electrons. The maximum absolute atomic E-state index is 5.48. The highest BCUT2D eigenvalue weighted by atomic mass is 16.5. The number of hydrazine groups is 1. The van der Waals surface area contributed by atoms with Crippen LogP contribution in [0.15, 0.2) is 53.9 Å². The number of hydrogen-bond acceptors (Lipinski definition) is 3. The second-order valence-corrected chi connectivity index (χ2v) is 6.77. The monoisotopic (exact) mass is 300 g/mol. The van der Waals surface area contributed by atoms with Crippen LogP contribution < -0.4 is 15.8 Å². The van der Waals surface area contributed by atoms with E-state index in [1.165, 1.54) is 5.70 Å². The average Bonchev–Trinajstić information content (AvgIpc) is 2.53. The lowest BCUT2D eigenvalue weighted by atomic mass is 9.83. The van der Waals surface area contributed by atoms with E-state index in [9.17, 15) is 0 Å². The average molecular weight is 300 g/mol. The molecule has 118 valence electrons. The number of anilines is 1. The molecule has 0 amide bonds. The fourth-order valence-electron chi connectivity index (χ4n) is 3.15. The molecule has 4 heteroatoms. The number of benzene rings is 1. The van der Waals surface area contributed by atoms with E-state index in [1.807, 2.05) is 18.2 Å². The van der Waals surface area contributed by atoms with Crippen molar-refractivity contribution in [2.24, 2.45) is 5.41 Å². The summed E-state index contributed by atoms with van der Waals surface area (Å²) < 4.78 is 5.48. The highest BCUT2D eigenvalue weighted by Gasteiger charge is 2.29. The summed E-state index contributed by atoms with van der Waals surface area (Å²) in [5.41, 5.74) is 10.5. The van der Waals surface area contributed by atoms with Crippen LogP contribution in [-0.4, -0.2) is 26.3 Å². The molecule has 1 heterocycles. The minimum Gasteiger partial charge on any atom is -0.370 e. The number of morpholine rings is 1. The van der Waals surface area contributed by atoms with Crippen molar-refractivity contribution in [1.82, 2.24) is 5.43 Å². The van der Waals surface area contributed by atoms with Gasteiger partial charge in [0.1, 0.15) is 18.8 Å². The molecule has 1 saturated heterocycles. The third-order valence-electron chi connectivity index (χ3n) is 4.20. The Morgan fingerprint density at radius 1 is 1.05 bits per heavy atom. The second kappa shape index (κ2) is 6.55. The fraction of sp³-hybridized carbons (Fsp3) is 0.444. The molecule has 0 saturated carbocycles. The Morgan fingerprint density at radius 2 is 1.77 bits per heavy atom. The summed E-state index contributed by atoms with van der Waals surface area (Å²) in [4.78, 5) is 1.56. The summed E-state index contributed by atoms with van der Waals surface area (Å²) >= 11 is 0. The van der Waals surface area contributed by atoms with Gasteiger partial charge in [-0.2, -0.15) is 0 Å². The SMILES string of the molecule is CC1(C)C=C(NNc2ccccc2)C=C([NH+]2CCOCC2)C1. The molecule has 0 unspecified atom stereocenters. The van der Waals surface area contributed by atoms with Crippen LogP contribution in [0.25, 0.3) is 0 Å². The molecule has 0 bridgehead atoms. The number of ether oxygens (including phenoxy) is 1. The molecule has 2 aliphatic rings. The van der Waals surface area contributed by atoms with Gasteiger partial charge in [0, 0.05) is 12.5 Å². The predicted octanol–water partition coefficient (Wildman–Crippen LogP) is 1.72. The number of rotatable bonds is 4. The summed E-state index contributed by atoms with van der Waals surface area (Å²) in [7, 11) is 0. The zero-order valence-corrected chi connectivity index (χ0v) is 13.5. The summed E-state index contributed by atoms with van der Waals surface area (Å²) in [6, 6.07) is 10.2. The molecule has 1 aromatic carbocycles. The number of quaternary nitrogens is 1. The van der Waals surface area contributed by atoms with E-state index in [2.05, 4.69) is 49.0 Å². The maximum atomic E-state index is 5.48. The van der Waals surface area contributed by atoms with E-state index < -0.39 is 0 Å². The molecular formula is C18H26N3O+. The van der Waals surface area contributed by atoms with Crippen LogP contribution >= 0.6 is 0 Å². The van der Waals surface area contributed by atoms with Gasteiger partial charge in [-0.05, 0) is 17.5 Å². The molecule has 3 N–H and O–H groups in total. The van der Waals surface area contributed by atoms with Crippen molar-refractivity contribution in [2.75, 3.05) is 31.7 Å². The molecule has 1 aliphatic heterocycles. The van der Waals surface area contributed by atoms with Crippen LogP contribution in [0.4, 0.5) is 5.69 Å². The van der Waals surface area contributed by atoms with Crippen molar-refractivity contribution >= 4 is 5.69 Å². The van der Waals surface area contributed by atoms with Gasteiger partial charge >= 0.3 is 0 Å². The van der Waals surface area contributed by atoms with E-state index in [-0.39, 0.29) is 5.41 Å². The lowest BCUT2D eigenvalue weighted by molar-refractivity contribution is -0.871. The summed E-state index contributed by atoms with van der Waals surface area (Å²) in [5.74, 6) is 0. The quantitative estimate of drug-likeness (QED) is 0.741. The minimum atomic E-state index is 0.177. The highest BCUT2D eigenvalue weighted by Crippen LogP contribution is 2.30. The number of hydrogen-bond donors (Lipinski definition) is 3. The fourth-order valence-corrected chi connectivity index (χ4v) is 3.15. The van der Waals surface area contributed by atoms with Gasteiger partial charge in [0.2, 0.25) is 0 Å². The first-order chi connectivity index (χ1) is 10.6. The molecule has 3 rings (SSSR count). The van der Waals surface area contributed by atoms with Gasteiger partial charge in [-0.15, -0.1) is 0 Å². The lowest BCUT2D eigenvalue weighted by Gasteiger charge is -2.33. The van der Waals surface area contributed by atoms with Crippen molar-refractivity contribution < 1.29 is 9.64 Å². The van der Waals surface area contributed by atoms with Crippen LogP contribution in [0.5, 0.6) is 0 Å². The number of allylic oxidation sites excluding steroid dienone is 3. The molecule has 0 spiro atoms. The number of nitrogens with one attached hydrogen (secondary N) is 3. The Hall–Kier alpha value is -1.78. The first kappa shape index (κ1) is 15.1. The van der Waals surface area contributed by atoms with E-state index in [1.54, 1.807) is 4.90 Å². The summed E-state index contributed by atoms with van der Waals surface area (Å²) in [6.07, 6.45) is 5.72. The van der Waals surface area contributed by atoms with Crippen molar-refractivity contribution in [3.8, 4) is 0 Å². The Balaban J connectivity index is 1.70. The van der Waals surface area contributed by atoms with Gasteiger partial charge in [-0.25, -0.2) is 0 Å². The van der Waals surface area contributed by atoms with E-state index in [0.29, 0.717) is 0 Å². The van der Waals surface area contributed by atoms with Crippen LogP contribution in [-0.2, 0) is 4.74 Å². The molecule has 4 nitrogen and oxygen atoms in total. The van der Waals surface area contributed by atoms with Crippen molar-refractivity contribution in [3.05, 3.63) is 53.9 Å². The van der Waals surface area contributed by atoms with Gasteiger partial charge < -0.3 is 20.5 Å². The predicted molar refractivity (Wildman–Crippen MR) is 89.3 cm³/mol. The lowest BCUT2D eigenvalue weighted by Crippen LogP contribution is -3.12. The Kier molecular flexibility index (Phi) is 4.50. The molecular weight excluding hydrogens is 274 g/mol. The van der Waals surface area contributed by atoms with E-state index in [4.69, 9.17) is 4.74 Å². The standard InChI is InChI=1S/C18H25N3O/c1-18(2)13-16(20-19-15-6-4-3-5-7-15)12-17(14-18)21-8-10-22-11-9-21/h3-7,12-13,19-20H,8-11,14H2,1-2H3/p+1. The van der Waals surface area contributed by atoms with Gasteiger partial charge in [0.25, 0.3) is 0 Å². The van der Waals surface area contributed by atoms with Crippen molar-refractivity contribution in [1.29, 1.82) is 0 Å². The molecule has 22 heavy (non-hydrogen) atoms. The highest BCUT2D eigenvalue weighted by molar-refractivity contribution is 5.43. The molecule has 1 aromatic rings. The van der Waals surface area contributed by atoms with Crippen LogP contribution in [0, 0.1) is 5.41 Å². The third-order valence-corrected chi connectivity index (χ3v) is 4.20. The summed E-state index contributed by atoms with van der Waals surface area (Å²) in [5, 5.41) is 0. The Labute approximate surface area is 132 Å². The molecule has 1 aliphatic carbocycles. The summed E-state index contributed by atoms with van der Waals surface area (Å²) in [6.45, 7) is 8.46. The van der Waals surface area contributed by atoms with E-state index >= 15 is 0 Å². The minimum absolute atomic E-state index is 0.177. The molecule has 0 atom stereocenters. The first-order valence-electron chi connectivity index (χ1n) is 8.06. The van der Waals surface area contributed by atoms with Crippen LogP contribution in [0.1, 0.15) is 20.3 Å². The van der Waals surface area contributed by atoms with Crippen LogP contribution in [0.2, 0.25) is 0 Å². The molecule has 0 aromatic heterocycles. The Morgan fingerprint density at radius 3 is 2.50 bits per heavy atom. The first-order valence-corrected chi connectivity index (χ1v) is 8.06. The largest absolute Gasteiger partial charge is 0.370 e.